The van der Waals surface area contributed by atoms with Gasteiger partial charge in [0.2, 0.25) is 5.88 Å². The summed E-state index contributed by atoms with van der Waals surface area (Å²) in [6.07, 6.45) is 10.2. The highest BCUT2D eigenvalue weighted by atomic mass is 32.2. The van der Waals surface area contributed by atoms with Crippen LogP contribution in [0.4, 0.5) is 28.4 Å². The number of ether oxygens (including phenoxy) is 4. The molecule has 2 aromatic heterocycles. The van der Waals surface area contributed by atoms with Crippen LogP contribution in [0.5, 0.6) is 5.88 Å². The van der Waals surface area contributed by atoms with Crippen LogP contribution in [0.25, 0.3) is 11.0 Å². The second-order valence-corrected chi connectivity index (χ2v) is 30.5. The Kier molecular flexibility index (Phi) is 14.5. The van der Waals surface area contributed by atoms with Gasteiger partial charge in [-0.15, -0.1) is 0 Å². The molecule has 0 bridgehead atoms. The van der Waals surface area contributed by atoms with Gasteiger partial charge in [0.25, 0.3) is 21.6 Å². The average Bonchev–Trinajstić information content (AvgIpc) is 4.13. The molecule has 17 nitrogen and oxygen atoms in total. The fraction of sp³-hybridized carbons (Fsp3) is 0.536. The van der Waals surface area contributed by atoms with Gasteiger partial charge in [-0.1, -0.05) is 43.9 Å². The second kappa shape index (κ2) is 21.1. The molecule has 6 aliphatic rings. The number of likely N-dealkylation sites (tertiary alicyclic amines) is 1. The van der Waals surface area contributed by atoms with Crippen molar-refractivity contribution in [2.75, 3.05) is 80.9 Å². The number of fused-ring (bicyclic) bond motifs is 3. The summed E-state index contributed by atoms with van der Waals surface area (Å²) in [5, 5.41) is 16.4. The number of rotatable bonds is 16. The number of nitrogens with zero attached hydrogens (tertiary/aromatic N) is 6. The van der Waals surface area contributed by atoms with Gasteiger partial charge >= 0.3 is 0 Å². The summed E-state index contributed by atoms with van der Waals surface area (Å²) < 4.78 is 57.1. The molecule has 5 aliphatic heterocycles. The molecule has 1 saturated carbocycles. The van der Waals surface area contributed by atoms with Gasteiger partial charge in [-0.2, -0.15) is 4.98 Å². The maximum atomic E-state index is 14.8. The summed E-state index contributed by atoms with van der Waals surface area (Å²) in [4.78, 5) is 38.5. The highest BCUT2D eigenvalue weighted by Gasteiger charge is 2.50. The second-order valence-electron chi connectivity index (χ2n) is 23.2. The number of pyridine rings is 1. The smallest absolute Gasteiger partial charge is 0.293 e. The molecule has 7 heterocycles. The zero-order chi connectivity index (χ0) is 52.1. The minimum atomic E-state index is -4.61. The minimum absolute atomic E-state index is 0.101. The van der Waals surface area contributed by atoms with E-state index in [0.717, 1.165) is 68.5 Å². The molecule has 2 N–H and O–H groups in total. The number of nitro benzene ring substituents is 1. The van der Waals surface area contributed by atoms with E-state index in [9.17, 15) is 23.3 Å². The molecule has 11 rings (SSSR count). The number of nitro groups is 1. The highest BCUT2D eigenvalue weighted by molar-refractivity contribution is 7.90. The highest BCUT2D eigenvalue weighted by Crippen LogP contribution is 2.54. The van der Waals surface area contributed by atoms with Gasteiger partial charge in [-0.05, 0) is 136 Å². The molecule has 19 heteroatoms. The zero-order valence-electron chi connectivity index (χ0n) is 43.8. The van der Waals surface area contributed by atoms with Crippen molar-refractivity contribution in [2.45, 2.75) is 114 Å². The molecule has 0 radical (unpaired) electrons. The van der Waals surface area contributed by atoms with E-state index in [1.54, 1.807) is 6.07 Å². The number of amides is 1. The lowest BCUT2D eigenvalue weighted by molar-refractivity contribution is -0.384. The molecule has 3 aromatic carbocycles. The van der Waals surface area contributed by atoms with Crippen LogP contribution >= 0.6 is 0 Å². The van der Waals surface area contributed by atoms with Crippen LogP contribution in [0, 0.1) is 34.3 Å². The Morgan fingerprint density at radius 3 is 2.52 bits per heavy atom. The number of anilines is 4. The van der Waals surface area contributed by atoms with Crippen LogP contribution in [0.3, 0.4) is 0 Å². The number of carbonyl (C=O) groups is 1. The standard InChI is InChI=1S/C56H72N8O9SSi/c1-38-8-5-6-9-45(38)48-10-7-20-62(48)43-31-56(32-43)18-22-60(23-19-56)42-11-13-46(54(65)59-74(68,69)44-12-14-47(50(30-44)64(66)67)57-33-39-16-24-70-25-17-39)49(29-42)63-34-41-35-72-36-52(41)73-55-51(63)28-40-15-21-61(53(40)58-55)37-71-26-27-75(2,3)4/h5-6,8-9,11-15,21,28-30,39,41,43,48,52,57H,7,10,16-20,22-27,31-37H2,1-4H3,(H,59,65)/t41-,48-,52-/m0/s1. The lowest BCUT2D eigenvalue weighted by Gasteiger charge is -2.56. The first-order valence-corrected chi connectivity index (χ1v) is 32.3. The molecule has 4 saturated heterocycles. The summed E-state index contributed by atoms with van der Waals surface area (Å²) in [6, 6.07) is 24.3. The number of benzene rings is 3. The van der Waals surface area contributed by atoms with E-state index in [4.69, 9.17) is 23.9 Å². The van der Waals surface area contributed by atoms with E-state index < -0.39 is 39.5 Å². The van der Waals surface area contributed by atoms with E-state index in [-0.39, 0.29) is 34.6 Å². The van der Waals surface area contributed by atoms with E-state index >= 15 is 0 Å². The predicted molar refractivity (Wildman–Crippen MR) is 293 cm³/mol. The number of carbonyl (C=O) groups excluding carboxylic acids is 1. The van der Waals surface area contributed by atoms with E-state index in [2.05, 4.69) is 70.7 Å². The molecule has 1 amide bonds. The summed E-state index contributed by atoms with van der Waals surface area (Å²) in [5.74, 6) is -0.322. The van der Waals surface area contributed by atoms with Gasteiger partial charge in [-0.3, -0.25) is 19.8 Å². The molecule has 5 aromatic rings. The van der Waals surface area contributed by atoms with Crippen molar-refractivity contribution < 1.29 is 37.1 Å². The third kappa shape index (κ3) is 10.9. The molecule has 5 fully saturated rings. The fourth-order valence-electron chi connectivity index (χ4n) is 12.5. The summed E-state index contributed by atoms with van der Waals surface area (Å²) in [5.41, 5.74) is 5.82. The van der Waals surface area contributed by atoms with Crippen molar-refractivity contribution in [2.24, 2.45) is 17.3 Å². The van der Waals surface area contributed by atoms with Gasteiger partial charge < -0.3 is 38.6 Å². The van der Waals surface area contributed by atoms with Crippen molar-refractivity contribution in [1.82, 2.24) is 19.2 Å². The number of aryl methyl sites for hydroxylation is 1. The van der Waals surface area contributed by atoms with Crippen LogP contribution in [0.15, 0.2) is 83.9 Å². The minimum Gasteiger partial charge on any atom is -0.470 e. The lowest BCUT2D eigenvalue weighted by atomic mass is 9.59. The number of aromatic nitrogens is 2. The van der Waals surface area contributed by atoms with Crippen LogP contribution in [0.1, 0.15) is 78.9 Å². The van der Waals surface area contributed by atoms with Crippen LogP contribution in [0.2, 0.25) is 25.7 Å². The van der Waals surface area contributed by atoms with E-state index in [1.165, 1.54) is 48.9 Å². The topological polar surface area (TPSA) is 183 Å². The quantitative estimate of drug-likeness (QED) is 0.0412. The third-order valence-corrected chi connectivity index (χ3v) is 20.0. The number of sulfonamides is 1. The summed E-state index contributed by atoms with van der Waals surface area (Å²) in [7, 11) is -5.91. The molecular formula is C56H72N8O9SSi. The first-order chi connectivity index (χ1) is 36.1. The average molecular weight is 1060 g/mol. The molecule has 3 atom stereocenters. The molecule has 75 heavy (non-hydrogen) atoms. The van der Waals surface area contributed by atoms with Gasteiger partial charge in [0.15, 0.2) is 0 Å². The van der Waals surface area contributed by atoms with Crippen LogP contribution < -0.4 is 24.6 Å². The van der Waals surface area contributed by atoms with Crippen molar-refractivity contribution in [3.8, 4) is 5.88 Å². The van der Waals surface area contributed by atoms with Gasteiger partial charge in [-0.25, -0.2) is 13.1 Å². The van der Waals surface area contributed by atoms with E-state index in [0.29, 0.717) is 87.8 Å². The summed E-state index contributed by atoms with van der Waals surface area (Å²) >= 11 is 0. The predicted octanol–water partition coefficient (Wildman–Crippen LogP) is 9.65. The van der Waals surface area contributed by atoms with Gasteiger partial charge in [0.05, 0.1) is 34.3 Å². The Labute approximate surface area is 441 Å². The number of hydrogen-bond donors (Lipinski definition) is 2. The van der Waals surface area contributed by atoms with Crippen molar-refractivity contribution in [3.05, 3.63) is 106 Å². The molecular weight excluding hydrogens is 989 g/mol. The molecule has 1 aliphatic carbocycles. The maximum absolute atomic E-state index is 14.8. The summed E-state index contributed by atoms with van der Waals surface area (Å²) in [6.45, 7) is 16.0. The van der Waals surface area contributed by atoms with Crippen molar-refractivity contribution in [1.29, 1.82) is 0 Å². The fourth-order valence-corrected chi connectivity index (χ4v) is 14.2. The lowest BCUT2D eigenvalue weighted by Crippen LogP contribution is -2.54. The Morgan fingerprint density at radius 1 is 0.947 bits per heavy atom. The maximum Gasteiger partial charge on any atom is 0.293 e. The van der Waals surface area contributed by atoms with Gasteiger partial charge in [0.1, 0.15) is 29.9 Å². The van der Waals surface area contributed by atoms with Gasteiger partial charge in [0, 0.05) is 95.4 Å². The van der Waals surface area contributed by atoms with Crippen LogP contribution in [-0.4, -0.2) is 120 Å². The SMILES string of the molecule is Cc1ccccc1[C@@H]1CCCN1C1CC2(CCN(c3ccc(C(=O)NS(=O)(=O)c4ccc(NCC5CCOCC5)c([N+](=O)[O-])c4)c(N4C[C@H]5COC[C@@H]5Oc5nc6c(ccn6COCC[Si](C)(C)C)cc54)c3)CC2)C1. The first kappa shape index (κ1) is 51.5. The number of hydrogen-bond acceptors (Lipinski definition) is 14. The molecule has 1 spiro atoms. The van der Waals surface area contributed by atoms with Crippen LogP contribution in [-0.2, 0) is 31.0 Å². The Balaban J connectivity index is 0.889. The molecule has 400 valence electrons. The normalized spacial score (nSPS) is 22.4. The number of nitrogens with one attached hydrogen (secondary N) is 2. The van der Waals surface area contributed by atoms with E-state index in [1.807, 2.05) is 39.9 Å². The van der Waals surface area contributed by atoms with Crippen molar-refractivity contribution >= 4 is 63.5 Å². The largest absolute Gasteiger partial charge is 0.470 e. The Hall–Kier alpha value is -5.57. The first-order valence-electron chi connectivity index (χ1n) is 27.1. The third-order valence-electron chi connectivity index (χ3n) is 17.0. The molecule has 0 unspecified atom stereocenters. The Morgan fingerprint density at radius 2 is 1.75 bits per heavy atom. The van der Waals surface area contributed by atoms with Crippen molar-refractivity contribution in [3.63, 3.8) is 0 Å². The zero-order valence-corrected chi connectivity index (χ0v) is 45.6. The Bertz CT molecular complexity index is 3030. The number of piperidine rings is 1. The monoisotopic (exact) mass is 1060 g/mol.